The van der Waals surface area contributed by atoms with Crippen molar-refractivity contribution in [2.24, 2.45) is 0 Å². The number of nitrogens with one attached hydrogen (secondary N) is 2. The monoisotopic (exact) mass is 395 g/mol. The van der Waals surface area contributed by atoms with Gasteiger partial charge in [0.1, 0.15) is 21.5 Å². The van der Waals surface area contributed by atoms with Crippen LogP contribution >= 0.6 is 11.6 Å². The maximum atomic E-state index is 12.7. The van der Waals surface area contributed by atoms with E-state index in [1.54, 1.807) is 6.07 Å². The van der Waals surface area contributed by atoms with E-state index >= 15 is 0 Å². The Labute approximate surface area is 158 Å². The van der Waals surface area contributed by atoms with E-state index in [2.05, 4.69) is 14.7 Å². The number of anilines is 1. The van der Waals surface area contributed by atoms with E-state index in [1.807, 2.05) is 32.9 Å². The molecule has 3 aromatic rings. The van der Waals surface area contributed by atoms with Crippen molar-refractivity contribution in [3.05, 3.63) is 47.2 Å². The summed E-state index contributed by atoms with van der Waals surface area (Å²) in [7, 11) is -2.35. The number of aromatic nitrogens is 2. The third-order valence-electron chi connectivity index (χ3n) is 3.68. The van der Waals surface area contributed by atoms with Gasteiger partial charge >= 0.3 is 0 Å². The summed E-state index contributed by atoms with van der Waals surface area (Å²) in [6.07, 6.45) is 3.68. The van der Waals surface area contributed by atoms with Gasteiger partial charge in [-0.2, -0.15) is 0 Å². The summed E-state index contributed by atoms with van der Waals surface area (Å²) in [4.78, 5) is 7.14. The summed E-state index contributed by atoms with van der Waals surface area (Å²) in [5, 5.41) is 0.931. The van der Waals surface area contributed by atoms with E-state index in [-0.39, 0.29) is 10.7 Å². The van der Waals surface area contributed by atoms with Gasteiger partial charge in [-0.3, -0.25) is 4.72 Å². The number of H-pyrrole nitrogens is 1. The Morgan fingerprint density at radius 3 is 2.65 bits per heavy atom. The molecule has 0 radical (unpaired) electrons. The highest BCUT2D eigenvalue weighted by atomic mass is 35.5. The Morgan fingerprint density at radius 1 is 1.27 bits per heavy atom. The Hall–Kier alpha value is -2.25. The van der Waals surface area contributed by atoms with Crippen LogP contribution in [0.5, 0.6) is 5.75 Å². The molecule has 3 rings (SSSR count). The van der Waals surface area contributed by atoms with Gasteiger partial charge in [-0.1, -0.05) is 44.5 Å². The zero-order chi connectivity index (χ0) is 19.3. The fraction of sp³-hybridized carbons (Fsp3) is 0.278. The lowest BCUT2D eigenvalue weighted by atomic mass is 10.1. The number of methoxy groups -OCH3 is 1. The van der Waals surface area contributed by atoms with Crippen molar-refractivity contribution in [2.45, 2.75) is 32.1 Å². The molecule has 2 N–H and O–H groups in total. The SMILES string of the molecule is CC.CCc1ccc2c(S(=O)(=O)Nc3cc(OC)c(Cl)cn3)c[nH]c2c1. The molecule has 26 heavy (non-hydrogen) atoms. The molecule has 140 valence electrons. The number of aryl methyl sites for hydroxylation is 1. The predicted molar refractivity (Wildman–Crippen MR) is 106 cm³/mol. The van der Waals surface area contributed by atoms with Crippen LogP contribution < -0.4 is 9.46 Å². The van der Waals surface area contributed by atoms with Crippen LogP contribution in [0.3, 0.4) is 0 Å². The van der Waals surface area contributed by atoms with Gasteiger partial charge in [-0.15, -0.1) is 0 Å². The quantitative estimate of drug-likeness (QED) is 0.660. The number of nitrogens with zero attached hydrogens (tertiary/aromatic N) is 1. The number of hydrogen-bond acceptors (Lipinski definition) is 4. The molecule has 0 aliphatic rings. The van der Waals surface area contributed by atoms with Crippen molar-refractivity contribution < 1.29 is 13.2 Å². The molecule has 6 nitrogen and oxygen atoms in total. The number of fused-ring (bicyclic) bond motifs is 1. The van der Waals surface area contributed by atoms with Gasteiger partial charge in [0.25, 0.3) is 10.0 Å². The number of ether oxygens (including phenoxy) is 1. The highest BCUT2D eigenvalue weighted by molar-refractivity contribution is 7.93. The third-order valence-corrected chi connectivity index (χ3v) is 5.36. The van der Waals surface area contributed by atoms with Crippen LogP contribution in [0.25, 0.3) is 10.9 Å². The minimum atomic E-state index is -3.80. The highest BCUT2D eigenvalue weighted by Crippen LogP contribution is 2.28. The fourth-order valence-electron chi connectivity index (χ4n) is 2.41. The second-order valence-corrected chi connectivity index (χ2v) is 7.25. The number of benzene rings is 1. The molecule has 0 atom stereocenters. The molecule has 0 fully saturated rings. The number of halogens is 1. The summed E-state index contributed by atoms with van der Waals surface area (Å²) >= 11 is 5.90. The Balaban J connectivity index is 0.00000117. The first-order valence-electron chi connectivity index (χ1n) is 8.27. The van der Waals surface area contributed by atoms with Gasteiger partial charge < -0.3 is 9.72 Å². The summed E-state index contributed by atoms with van der Waals surface area (Å²) in [6, 6.07) is 7.09. The molecule has 0 unspecified atom stereocenters. The molecule has 2 aromatic heterocycles. The number of pyridine rings is 1. The van der Waals surface area contributed by atoms with Crippen LogP contribution in [0.15, 0.2) is 41.6 Å². The highest BCUT2D eigenvalue weighted by Gasteiger charge is 2.20. The van der Waals surface area contributed by atoms with Crippen LogP contribution in [0.4, 0.5) is 5.82 Å². The molecule has 0 aliphatic heterocycles. The van der Waals surface area contributed by atoms with Crippen molar-refractivity contribution in [1.82, 2.24) is 9.97 Å². The minimum absolute atomic E-state index is 0.135. The smallest absolute Gasteiger partial charge is 0.265 e. The molecule has 0 amide bonds. The lowest BCUT2D eigenvalue weighted by Gasteiger charge is -2.09. The standard InChI is InChI=1S/C16H16ClN3O3S.C2H6/c1-3-10-4-5-11-13(6-10)18-9-15(11)24(21,22)20-16-7-14(23-2)12(17)8-19-16;1-2/h4-9,18H,3H2,1-2H3,(H,19,20);1-2H3. The second-order valence-electron chi connectivity index (χ2n) is 5.20. The third kappa shape index (κ3) is 4.11. The average molecular weight is 396 g/mol. The zero-order valence-corrected chi connectivity index (χ0v) is 16.7. The van der Waals surface area contributed by atoms with Crippen LogP contribution in [0.2, 0.25) is 5.02 Å². The lowest BCUT2D eigenvalue weighted by molar-refractivity contribution is 0.415. The molecule has 0 saturated heterocycles. The Morgan fingerprint density at radius 2 is 2.00 bits per heavy atom. The van der Waals surface area contributed by atoms with Crippen molar-refractivity contribution in [1.29, 1.82) is 0 Å². The molecule has 8 heteroatoms. The van der Waals surface area contributed by atoms with Crippen molar-refractivity contribution >= 4 is 38.3 Å². The van der Waals surface area contributed by atoms with Gasteiger partial charge in [0.15, 0.2) is 0 Å². The summed E-state index contributed by atoms with van der Waals surface area (Å²) in [6.45, 7) is 6.04. The van der Waals surface area contributed by atoms with Crippen molar-refractivity contribution in [2.75, 3.05) is 11.8 Å². The number of aromatic amines is 1. The first-order valence-corrected chi connectivity index (χ1v) is 10.1. The van der Waals surface area contributed by atoms with E-state index in [4.69, 9.17) is 16.3 Å². The summed E-state index contributed by atoms with van der Waals surface area (Å²) < 4.78 is 32.9. The topological polar surface area (TPSA) is 84.1 Å². The van der Waals surface area contributed by atoms with Crippen LogP contribution in [0, 0.1) is 0 Å². The van der Waals surface area contributed by atoms with Crippen molar-refractivity contribution in [3.8, 4) is 5.75 Å². The van der Waals surface area contributed by atoms with E-state index in [1.165, 1.54) is 25.6 Å². The minimum Gasteiger partial charge on any atom is -0.495 e. The van der Waals surface area contributed by atoms with E-state index in [0.29, 0.717) is 16.2 Å². The molecular weight excluding hydrogens is 374 g/mol. The van der Waals surface area contributed by atoms with Crippen LogP contribution in [0.1, 0.15) is 26.3 Å². The predicted octanol–water partition coefficient (Wildman–Crippen LogP) is 4.61. The number of hydrogen-bond donors (Lipinski definition) is 2. The fourth-order valence-corrected chi connectivity index (χ4v) is 3.77. The molecule has 0 aliphatic carbocycles. The molecule has 2 heterocycles. The zero-order valence-electron chi connectivity index (χ0n) is 15.1. The maximum Gasteiger partial charge on any atom is 0.265 e. The van der Waals surface area contributed by atoms with Crippen LogP contribution in [-0.4, -0.2) is 25.5 Å². The molecular formula is C18H22ClN3O3S. The van der Waals surface area contributed by atoms with E-state index in [0.717, 1.165) is 17.5 Å². The normalized spacial score (nSPS) is 11.0. The number of rotatable bonds is 5. The molecule has 0 bridgehead atoms. The number of sulfonamides is 1. The molecule has 0 spiro atoms. The summed E-state index contributed by atoms with van der Waals surface area (Å²) in [5.74, 6) is 0.478. The van der Waals surface area contributed by atoms with Gasteiger partial charge in [0.05, 0.1) is 13.3 Å². The van der Waals surface area contributed by atoms with Gasteiger partial charge in [-0.05, 0) is 18.1 Å². The molecule has 1 aromatic carbocycles. The lowest BCUT2D eigenvalue weighted by Crippen LogP contribution is -2.13. The first-order chi connectivity index (χ1) is 12.4. The van der Waals surface area contributed by atoms with Gasteiger partial charge in [0.2, 0.25) is 0 Å². The largest absolute Gasteiger partial charge is 0.495 e. The first kappa shape index (κ1) is 20.1. The second kappa shape index (κ2) is 8.42. The van der Waals surface area contributed by atoms with Gasteiger partial charge in [-0.25, -0.2) is 13.4 Å². The maximum absolute atomic E-state index is 12.7. The van der Waals surface area contributed by atoms with Crippen LogP contribution in [-0.2, 0) is 16.4 Å². The Bertz CT molecular complexity index is 1000. The van der Waals surface area contributed by atoms with E-state index in [9.17, 15) is 8.42 Å². The Kier molecular flexibility index (Phi) is 6.50. The molecule has 0 saturated carbocycles. The average Bonchev–Trinajstić information content (AvgIpc) is 3.08. The van der Waals surface area contributed by atoms with E-state index < -0.39 is 10.0 Å². The van der Waals surface area contributed by atoms with Crippen molar-refractivity contribution in [3.63, 3.8) is 0 Å². The van der Waals surface area contributed by atoms with Gasteiger partial charge in [0, 0.05) is 23.2 Å². The summed E-state index contributed by atoms with van der Waals surface area (Å²) in [5.41, 5.74) is 1.90.